The first kappa shape index (κ1) is 10.6. The van der Waals surface area contributed by atoms with E-state index in [2.05, 4.69) is 41.6 Å². The number of benzene rings is 2. The van der Waals surface area contributed by atoms with E-state index >= 15 is 0 Å². The molecule has 1 saturated heterocycles. The van der Waals surface area contributed by atoms with E-state index in [1.54, 1.807) is 7.62 Å². The molecular weight excluding hydrogens is 209 g/mol. The summed E-state index contributed by atoms with van der Waals surface area (Å²) in [6.07, 6.45) is 0.0543. The van der Waals surface area contributed by atoms with Crippen LogP contribution in [0.4, 0.5) is 0 Å². The quantitative estimate of drug-likeness (QED) is 0.788. The lowest BCUT2D eigenvalue weighted by Crippen LogP contribution is -2.18. The van der Waals surface area contributed by atoms with Crippen molar-refractivity contribution in [3.8, 4) is 0 Å². The fourth-order valence-electron chi connectivity index (χ4n) is 2.20. The van der Waals surface area contributed by atoms with Crippen LogP contribution < -0.4 is 5.23 Å². The van der Waals surface area contributed by atoms with Crippen molar-refractivity contribution in [2.24, 2.45) is 0 Å². The van der Waals surface area contributed by atoms with Gasteiger partial charge in [0, 0.05) is 0 Å². The van der Waals surface area contributed by atoms with Gasteiger partial charge in [0.15, 0.2) is 0 Å². The van der Waals surface area contributed by atoms with Gasteiger partial charge in [-0.05, 0) is 11.1 Å². The van der Waals surface area contributed by atoms with E-state index in [1.165, 1.54) is 11.1 Å². The summed E-state index contributed by atoms with van der Waals surface area (Å²) in [5, 5.41) is 3.27. The summed E-state index contributed by atoms with van der Waals surface area (Å²) >= 11 is 0. The molecular formula is C14H13BNO. The third-order valence-electron chi connectivity index (χ3n) is 3.05. The standard InChI is InChI=1S/C14H13BNO/c1-3-7-11(8-4-1)13-14(17-15-16-13)12-9-5-2-6-10-12/h1-10,13-14,16H. The van der Waals surface area contributed by atoms with E-state index < -0.39 is 0 Å². The van der Waals surface area contributed by atoms with Crippen molar-refractivity contribution >= 4 is 7.62 Å². The predicted molar refractivity (Wildman–Crippen MR) is 68.3 cm³/mol. The Bertz CT molecular complexity index is 429. The van der Waals surface area contributed by atoms with Gasteiger partial charge in [-0.1, -0.05) is 60.7 Å². The Morgan fingerprint density at radius 3 is 2.06 bits per heavy atom. The molecule has 1 aliphatic heterocycles. The van der Waals surface area contributed by atoms with Crippen molar-refractivity contribution in [3.05, 3.63) is 71.8 Å². The summed E-state index contributed by atoms with van der Waals surface area (Å²) in [6.45, 7) is 0. The first-order chi connectivity index (χ1) is 8.45. The van der Waals surface area contributed by atoms with Crippen LogP contribution in [-0.4, -0.2) is 7.62 Å². The maximum Gasteiger partial charge on any atom is 0.396 e. The first-order valence-corrected chi connectivity index (χ1v) is 5.78. The zero-order chi connectivity index (χ0) is 11.5. The van der Waals surface area contributed by atoms with Crippen LogP contribution in [0.3, 0.4) is 0 Å². The van der Waals surface area contributed by atoms with Gasteiger partial charge >= 0.3 is 7.62 Å². The maximum absolute atomic E-state index is 5.67. The highest BCUT2D eigenvalue weighted by atomic mass is 16.5. The molecule has 1 fully saturated rings. The predicted octanol–water partition coefficient (Wildman–Crippen LogP) is 2.62. The lowest BCUT2D eigenvalue weighted by Gasteiger charge is -2.20. The molecule has 17 heavy (non-hydrogen) atoms. The van der Waals surface area contributed by atoms with Crippen molar-refractivity contribution in [1.82, 2.24) is 5.23 Å². The van der Waals surface area contributed by atoms with Crippen LogP contribution in [-0.2, 0) is 4.65 Å². The van der Waals surface area contributed by atoms with Crippen molar-refractivity contribution in [2.45, 2.75) is 12.1 Å². The van der Waals surface area contributed by atoms with Gasteiger partial charge < -0.3 is 9.88 Å². The molecule has 2 unspecified atom stereocenters. The highest BCUT2D eigenvalue weighted by molar-refractivity contribution is 6.24. The fraction of sp³-hybridized carbons (Fsp3) is 0.143. The van der Waals surface area contributed by atoms with Crippen LogP contribution in [0.5, 0.6) is 0 Å². The van der Waals surface area contributed by atoms with Gasteiger partial charge in [0.25, 0.3) is 0 Å². The van der Waals surface area contributed by atoms with Crippen LogP contribution in [0.25, 0.3) is 0 Å². The molecule has 0 aliphatic carbocycles. The SMILES string of the molecule is [B]1NC(c2ccccc2)C(c2ccccc2)O1. The third-order valence-corrected chi connectivity index (χ3v) is 3.05. The Kier molecular flexibility index (Phi) is 2.95. The van der Waals surface area contributed by atoms with Crippen molar-refractivity contribution < 1.29 is 4.65 Å². The van der Waals surface area contributed by atoms with E-state index in [0.29, 0.717) is 0 Å². The van der Waals surface area contributed by atoms with Crippen LogP contribution in [0.1, 0.15) is 23.3 Å². The van der Waals surface area contributed by atoms with Gasteiger partial charge in [0.05, 0.1) is 12.1 Å². The highest BCUT2D eigenvalue weighted by Crippen LogP contribution is 2.34. The van der Waals surface area contributed by atoms with Gasteiger partial charge in [-0.15, -0.1) is 0 Å². The van der Waals surface area contributed by atoms with Gasteiger partial charge in [-0.3, -0.25) is 0 Å². The van der Waals surface area contributed by atoms with Crippen LogP contribution >= 0.6 is 0 Å². The van der Waals surface area contributed by atoms with E-state index in [0.717, 1.165) is 0 Å². The lowest BCUT2D eigenvalue weighted by molar-refractivity contribution is 0.222. The Labute approximate surface area is 102 Å². The van der Waals surface area contributed by atoms with E-state index in [1.807, 2.05) is 24.3 Å². The molecule has 0 aromatic heterocycles. The van der Waals surface area contributed by atoms with Gasteiger partial charge in [0.1, 0.15) is 0 Å². The van der Waals surface area contributed by atoms with E-state index in [9.17, 15) is 0 Å². The molecule has 83 valence electrons. The molecule has 0 amide bonds. The molecule has 2 aromatic carbocycles. The number of hydrogen-bond acceptors (Lipinski definition) is 2. The van der Waals surface area contributed by atoms with Gasteiger partial charge in [0.2, 0.25) is 0 Å². The summed E-state index contributed by atoms with van der Waals surface area (Å²) < 4.78 is 5.67. The zero-order valence-electron chi connectivity index (χ0n) is 9.41. The second-order valence-electron chi connectivity index (χ2n) is 4.14. The third kappa shape index (κ3) is 2.12. The first-order valence-electron chi connectivity index (χ1n) is 5.78. The van der Waals surface area contributed by atoms with E-state index in [-0.39, 0.29) is 12.1 Å². The molecule has 1 N–H and O–H groups in total. The van der Waals surface area contributed by atoms with Crippen molar-refractivity contribution in [2.75, 3.05) is 0 Å². The van der Waals surface area contributed by atoms with E-state index in [4.69, 9.17) is 4.65 Å². The second-order valence-corrected chi connectivity index (χ2v) is 4.14. The zero-order valence-corrected chi connectivity index (χ0v) is 9.41. The Hall–Kier alpha value is -1.58. The molecule has 3 rings (SSSR count). The molecule has 2 aromatic rings. The van der Waals surface area contributed by atoms with Crippen molar-refractivity contribution in [3.63, 3.8) is 0 Å². The van der Waals surface area contributed by atoms with Crippen molar-refractivity contribution in [1.29, 1.82) is 0 Å². The van der Waals surface area contributed by atoms with Crippen LogP contribution in [0.15, 0.2) is 60.7 Å². The number of rotatable bonds is 2. The monoisotopic (exact) mass is 222 g/mol. The molecule has 0 saturated carbocycles. The maximum atomic E-state index is 5.67. The molecule has 2 nitrogen and oxygen atoms in total. The Morgan fingerprint density at radius 2 is 1.41 bits per heavy atom. The molecule has 3 heteroatoms. The summed E-state index contributed by atoms with van der Waals surface area (Å²) in [7, 11) is 1.69. The summed E-state index contributed by atoms with van der Waals surface area (Å²) in [5.41, 5.74) is 2.44. The minimum atomic E-state index is 0.0543. The minimum Gasteiger partial charge on any atom is -0.415 e. The summed E-state index contributed by atoms with van der Waals surface area (Å²) in [5.74, 6) is 0. The van der Waals surface area contributed by atoms with Crippen LogP contribution in [0.2, 0.25) is 0 Å². The molecule has 0 spiro atoms. The highest BCUT2D eigenvalue weighted by Gasteiger charge is 2.30. The average Bonchev–Trinajstić information content (AvgIpc) is 2.90. The number of nitrogens with one attached hydrogen (secondary N) is 1. The largest absolute Gasteiger partial charge is 0.415 e. The lowest BCUT2D eigenvalue weighted by atomic mass is 9.96. The topological polar surface area (TPSA) is 21.3 Å². The average molecular weight is 222 g/mol. The number of hydrogen-bond donors (Lipinski definition) is 1. The molecule has 1 radical (unpaired) electrons. The molecule has 0 bridgehead atoms. The Morgan fingerprint density at radius 1 is 0.824 bits per heavy atom. The normalized spacial score (nSPS) is 23.3. The van der Waals surface area contributed by atoms with Gasteiger partial charge in [-0.25, -0.2) is 0 Å². The summed E-state index contributed by atoms with van der Waals surface area (Å²) in [4.78, 5) is 0. The van der Waals surface area contributed by atoms with Gasteiger partial charge in [-0.2, -0.15) is 0 Å². The molecule has 1 aliphatic rings. The Balaban J connectivity index is 1.91. The molecule has 2 atom stereocenters. The second kappa shape index (κ2) is 4.74. The summed E-state index contributed by atoms with van der Waals surface area (Å²) in [6, 6.07) is 20.9. The smallest absolute Gasteiger partial charge is 0.396 e. The minimum absolute atomic E-state index is 0.0543. The fourth-order valence-corrected chi connectivity index (χ4v) is 2.20. The van der Waals surface area contributed by atoms with Crippen LogP contribution in [0, 0.1) is 0 Å². The molecule has 1 heterocycles.